The van der Waals surface area contributed by atoms with Crippen molar-refractivity contribution in [1.29, 1.82) is 5.26 Å². The molecule has 0 fully saturated rings. The van der Waals surface area contributed by atoms with Crippen molar-refractivity contribution in [2.45, 2.75) is 0 Å². The Balaban J connectivity index is 3.24. The number of amides is 1. The van der Waals surface area contributed by atoms with Gasteiger partial charge in [0.25, 0.3) is 0 Å². The van der Waals surface area contributed by atoms with Gasteiger partial charge in [-0.2, -0.15) is 0 Å². The van der Waals surface area contributed by atoms with Crippen LogP contribution in [0, 0.1) is 60.4 Å². The molecule has 0 N–H and O–H groups in total. The van der Waals surface area contributed by atoms with Crippen LogP contribution in [0.5, 0.6) is 0 Å². The van der Waals surface area contributed by atoms with Crippen LogP contribution in [-0.4, -0.2) is 66.1 Å². The molecule has 62 valence electrons. The summed E-state index contributed by atoms with van der Waals surface area (Å²) < 4.78 is 15.0. The van der Waals surface area contributed by atoms with Gasteiger partial charge in [-0.3, -0.25) is 0 Å². The number of hydrogen-bond donors (Lipinski definition) is 0. The number of aromatic nitrogens is 2. The summed E-state index contributed by atoms with van der Waals surface area (Å²) in [4.78, 5) is 18.4. The van der Waals surface area contributed by atoms with Gasteiger partial charge >= 0.3 is 153 Å². The molecule has 0 bridgehead atoms. The molecule has 1 aromatic heterocycles. The van der Waals surface area contributed by atoms with E-state index in [-0.39, 0.29) is 111 Å². The van der Waals surface area contributed by atoms with E-state index in [0.717, 1.165) is 6.33 Å². The Hall–Kier alpha value is 1.24. The molecule has 0 aromatic carbocycles. The summed E-state index contributed by atoms with van der Waals surface area (Å²) >= 11 is -0.0632. The molecule has 0 radical (unpaired) electrons. The molecule has 1 rings (SSSR count). The van der Waals surface area contributed by atoms with Crippen LogP contribution in [0.1, 0.15) is 16.2 Å². The maximum atomic E-state index is 13.3. The Kier molecular flexibility index (Phi) is 5.79. The third kappa shape index (κ3) is 3.12. The van der Waals surface area contributed by atoms with Gasteiger partial charge in [-0.05, 0) is 0 Å². The standard InChI is InChI=1S/C6HFN4O.Ra.Rb.H/c7-4-3(1-8)10-2-11-5(4)6(9)12;;;/h2H;;;. The number of carbonyl (C=O) groups is 1. The molecule has 0 saturated heterocycles. The Morgan fingerprint density at radius 2 is 2.36 bits per heavy atom. The van der Waals surface area contributed by atoms with Crippen molar-refractivity contribution in [2.75, 3.05) is 0 Å². The zero-order valence-electron chi connectivity index (χ0n) is 7.65. The van der Waals surface area contributed by atoms with Gasteiger partial charge in [0.05, 0.1) is 0 Å². The number of carbonyl (C=O) groups excluding carboxylic acids is 1. The fourth-order valence-corrected chi connectivity index (χ4v) is 2.20. The van der Waals surface area contributed by atoms with Crippen molar-refractivity contribution in [3.8, 4) is 6.07 Å². The van der Waals surface area contributed by atoms with Gasteiger partial charge in [0.1, 0.15) is 0 Å². The van der Waals surface area contributed by atoms with E-state index in [9.17, 15) is 9.18 Å². The van der Waals surface area contributed by atoms with Crippen LogP contribution in [0.15, 0.2) is 6.33 Å². The zero-order chi connectivity index (χ0) is 10.7. The first-order chi connectivity index (χ1) is 6.57. The van der Waals surface area contributed by atoms with Crippen LogP contribution in [0.25, 0.3) is 0 Å². The molecule has 1 aromatic rings. The van der Waals surface area contributed by atoms with Gasteiger partial charge < -0.3 is 0 Å². The third-order valence-electron chi connectivity index (χ3n) is 1.50. The quantitative estimate of drug-likeness (QED) is 0.533. The number of hydrogen-bond acceptors (Lipinski definition) is 4. The van der Waals surface area contributed by atoms with Crippen molar-refractivity contribution in [3.05, 3.63) is 23.5 Å². The van der Waals surface area contributed by atoms with Crippen molar-refractivity contribution in [3.63, 3.8) is 0 Å². The molecular weight excluding hydrogens is 475 g/mol. The second-order valence-corrected chi connectivity index (χ2v) is 29.6. The van der Waals surface area contributed by atoms with Crippen LogP contribution >= 0.6 is 0 Å². The molecule has 1 amide bonds. The molecule has 0 aliphatic carbocycles. The van der Waals surface area contributed by atoms with Crippen LogP contribution in [-0.2, 0) is 0 Å². The van der Waals surface area contributed by atoms with Crippen molar-refractivity contribution in [1.82, 2.24) is 4.14 Å². The maximum absolute atomic E-state index is 13.3. The van der Waals surface area contributed by atoms with Crippen LogP contribution < -0.4 is 0 Å². The van der Waals surface area contributed by atoms with E-state index < -0.39 is 11.7 Å². The third-order valence-corrected chi connectivity index (χ3v) is 4.17. The van der Waals surface area contributed by atoms with E-state index in [1.54, 1.807) is 0.245 Å². The van der Waals surface area contributed by atoms with Gasteiger partial charge in [-0.25, -0.2) is 0 Å². The number of rotatable bonds is 1. The summed E-state index contributed by atoms with van der Waals surface area (Å²) in [6, 6.07) is 1.57. The number of nitrogens with zero attached hydrogens (tertiary/aromatic N) is 4. The summed E-state index contributed by atoms with van der Waals surface area (Å²) in [6.45, 7) is 0. The molecule has 0 saturated carbocycles. The van der Waals surface area contributed by atoms with Crippen LogP contribution in [0.3, 0.4) is 0 Å². The zero-order valence-corrected chi connectivity index (χ0v) is 20.8. The summed E-state index contributed by atoms with van der Waals surface area (Å²) in [6.07, 6.45) is 1.03. The minimum atomic E-state index is -0.908. The summed E-state index contributed by atoms with van der Waals surface area (Å²) in [7, 11) is 0. The van der Waals surface area contributed by atoms with Crippen molar-refractivity contribution in [2.24, 2.45) is 0 Å². The van der Waals surface area contributed by atoms with Gasteiger partial charge in [-0.15, -0.1) is 0 Å². The number of halogens is 1. The molecule has 1 heterocycles. The van der Waals surface area contributed by atoms with Gasteiger partial charge in [0.2, 0.25) is 0 Å². The summed E-state index contributed by atoms with van der Waals surface area (Å²) in [5, 5.41) is 8.49. The second kappa shape index (κ2) is 6.10. The van der Waals surface area contributed by atoms with E-state index in [1.165, 1.54) is 0 Å². The molecule has 0 aliphatic rings. The Bertz CT molecular complexity index is 419. The Morgan fingerprint density at radius 3 is 2.86 bits per heavy atom. The molecule has 0 atom stereocenters. The second-order valence-electron chi connectivity index (χ2n) is 2.70. The van der Waals surface area contributed by atoms with Crippen LogP contribution in [0.4, 0.5) is 4.39 Å². The molecule has 0 spiro atoms. The SMILES string of the molecule is N#Cc1ncnc(C(=O)[N]([Rb])[RaH])c1F. The van der Waals surface area contributed by atoms with Gasteiger partial charge in [0, 0.05) is 0 Å². The average molecular weight is 477 g/mol. The topological polar surface area (TPSA) is 69.9 Å². The summed E-state index contributed by atoms with van der Waals surface area (Å²) in [5.41, 5.74) is -0.654. The monoisotopic (exact) mass is 476 g/mol. The molecule has 14 heavy (non-hydrogen) atoms. The van der Waals surface area contributed by atoms with E-state index in [0.29, 0.717) is 0 Å². The molecule has 5 nitrogen and oxygen atoms in total. The van der Waals surface area contributed by atoms with Crippen LogP contribution in [0.2, 0.25) is 0 Å². The summed E-state index contributed by atoms with van der Waals surface area (Å²) in [5.74, 6) is -1.31. The first-order valence-corrected chi connectivity index (χ1v) is 9.57. The van der Waals surface area contributed by atoms with E-state index in [4.69, 9.17) is 5.26 Å². The number of nitriles is 1. The Morgan fingerprint density at radius 1 is 1.71 bits per heavy atom. The predicted molar refractivity (Wildman–Crippen MR) is 40.0 cm³/mol. The first-order valence-electron chi connectivity index (χ1n) is 3.70. The van der Waals surface area contributed by atoms with Gasteiger partial charge in [-0.1, -0.05) is 0 Å². The molecule has 8 heteroatoms. The normalized spacial score (nSPS) is 9.21. The van der Waals surface area contributed by atoms with E-state index >= 15 is 0 Å². The molecule has 0 aliphatic heterocycles. The minimum absolute atomic E-state index is 0.0439. The van der Waals surface area contributed by atoms with E-state index in [2.05, 4.69) is 9.97 Å². The van der Waals surface area contributed by atoms with E-state index in [1.807, 2.05) is 0 Å². The first kappa shape index (κ1) is 13.3. The van der Waals surface area contributed by atoms with Crippen molar-refractivity contribution >= 4 is 61.9 Å². The van der Waals surface area contributed by atoms with Gasteiger partial charge in [0.15, 0.2) is 0 Å². The van der Waals surface area contributed by atoms with Crippen molar-refractivity contribution < 1.29 is 52.4 Å². The Labute approximate surface area is 149 Å². The predicted octanol–water partition coefficient (Wildman–Crippen LogP) is -0.790. The molecule has 0 unspecified atom stereocenters. The fraction of sp³-hybridized carbons (Fsp3) is 0. The fourth-order valence-electron chi connectivity index (χ4n) is 0.809. The molecular formula is C6H2FN4ORaRb. The average Bonchev–Trinajstić information content (AvgIpc) is 2.17.